The van der Waals surface area contributed by atoms with E-state index in [1.165, 1.54) is 33.4 Å². The van der Waals surface area contributed by atoms with Crippen molar-refractivity contribution in [3.63, 3.8) is 0 Å². The third-order valence-electron chi connectivity index (χ3n) is 10.3. The van der Waals surface area contributed by atoms with Crippen LogP contribution in [0.1, 0.15) is 0 Å². The lowest BCUT2D eigenvalue weighted by Gasteiger charge is -2.26. The van der Waals surface area contributed by atoms with Gasteiger partial charge in [0.05, 0.1) is 17.4 Å². The summed E-state index contributed by atoms with van der Waals surface area (Å²) in [6.45, 7) is 0. The van der Waals surface area contributed by atoms with E-state index in [-0.39, 0.29) is 0 Å². The second kappa shape index (κ2) is 13.4. The van der Waals surface area contributed by atoms with Gasteiger partial charge < -0.3 is 9.32 Å². The second-order valence-electron chi connectivity index (χ2n) is 13.6. The van der Waals surface area contributed by atoms with Crippen molar-refractivity contribution in [2.24, 2.45) is 0 Å². The molecule has 0 atom stereocenters. The van der Waals surface area contributed by atoms with Crippen molar-refractivity contribution in [2.45, 2.75) is 0 Å². The summed E-state index contributed by atoms with van der Waals surface area (Å²) in [4.78, 5) is 7.32. The van der Waals surface area contributed by atoms with E-state index < -0.39 is 0 Å². The van der Waals surface area contributed by atoms with Crippen LogP contribution in [0.5, 0.6) is 0 Å². The quantitative estimate of drug-likeness (QED) is 0.167. The van der Waals surface area contributed by atoms with Crippen LogP contribution in [0.2, 0.25) is 0 Å². The molecule has 0 radical (unpaired) electrons. The number of nitrogens with zero attached hydrogens (tertiary/aromatic N) is 2. The van der Waals surface area contributed by atoms with Gasteiger partial charge in [0.25, 0.3) is 0 Å². The van der Waals surface area contributed by atoms with Gasteiger partial charge in [0.15, 0.2) is 0 Å². The zero-order valence-electron chi connectivity index (χ0n) is 29.4. The first-order chi connectivity index (χ1) is 26.7. The zero-order chi connectivity index (χ0) is 35.8. The highest BCUT2D eigenvalue weighted by molar-refractivity contribution is 6.09. The minimum atomic E-state index is 0.858. The number of fused-ring (bicyclic) bond motifs is 4. The number of para-hydroxylation sites is 1. The fraction of sp³-hybridized carbons (Fsp3) is 0. The van der Waals surface area contributed by atoms with E-state index in [1.54, 1.807) is 0 Å². The van der Waals surface area contributed by atoms with E-state index in [2.05, 4.69) is 187 Å². The van der Waals surface area contributed by atoms with Crippen molar-refractivity contribution in [3.05, 3.63) is 206 Å². The molecule has 0 bridgehead atoms. The average Bonchev–Trinajstić information content (AvgIpc) is 3.61. The van der Waals surface area contributed by atoms with Gasteiger partial charge in [-0.15, -0.1) is 0 Å². The standard InChI is InChI=1S/C51H34N2O/c1-4-13-35(14-5-1)39-19-12-20-43(29-39)53(44-30-41-32-51-48(33-49(41)52-34-44)46-21-10-11-22-50(46)54-51)42-26-23-38(24-27-42)45-28-25-40(36-15-6-2-7-16-36)31-47(45)37-17-8-3-9-18-37/h1-34H. The molecule has 0 fully saturated rings. The number of aromatic nitrogens is 1. The predicted octanol–water partition coefficient (Wildman–Crippen LogP) is 14.3. The Balaban J connectivity index is 1.10. The number of benzene rings is 8. The van der Waals surface area contributed by atoms with Gasteiger partial charge in [-0.2, -0.15) is 0 Å². The number of hydrogen-bond acceptors (Lipinski definition) is 3. The molecule has 2 heterocycles. The Labute approximate surface area is 314 Å². The Morgan fingerprint density at radius 1 is 0.352 bits per heavy atom. The Bertz CT molecular complexity index is 2920. The van der Waals surface area contributed by atoms with Crippen LogP contribution in [-0.4, -0.2) is 4.98 Å². The van der Waals surface area contributed by atoms with E-state index >= 15 is 0 Å². The Kier molecular flexibility index (Phi) is 7.81. The number of furan rings is 1. The molecule has 0 aliphatic carbocycles. The van der Waals surface area contributed by atoms with E-state index in [1.807, 2.05) is 24.4 Å². The van der Waals surface area contributed by atoms with Gasteiger partial charge >= 0.3 is 0 Å². The number of rotatable bonds is 7. The molecule has 10 aromatic rings. The SMILES string of the molecule is c1ccc(-c2cccc(N(c3ccc(-c4ccc(-c5ccccc5)cc4-c4ccccc4)cc3)c3cnc4cc5c(cc4c3)oc3ccccc35)c2)cc1. The van der Waals surface area contributed by atoms with Crippen LogP contribution in [0.25, 0.3) is 77.3 Å². The van der Waals surface area contributed by atoms with Gasteiger partial charge in [0.2, 0.25) is 0 Å². The van der Waals surface area contributed by atoms with Crippen LogP contribution in [0.3, 0.4) is 0 Å². The molecule has 254 valence electrons. The molecule has 0 N–H and O–H groups in total. The van der Waals surface area contributed by atoms with Crippen LogP contribution < -0.4 is 4.90 Å². The fourth-order valence-electron chi connectivity index (χ4n) is 7.61. The van der Waals surface area contributed by atoms with Crippen molar-refractivity contribution in [3.8, 4) is 44.5 Å². The van der Waals surface area contributed by atoms with E-state index in [0.717, 1.165) is 61.0 Å². The summed E-state index contributed by atoms with van der Waals surface area (Å²) in [5.74, 6) is 0. The summed E-state index contributed by atoms with van der Waals surface area (Å²) < 4.78 is 6.28. The minimum Gasteiger partial charge on any atom is -0.456 e. The molecule has 0 aliphatic rings. The summed E-state index contributed by atoms with van der Waals surface area (Å²) in [7, 11) is 0. The molecule has 2 aromatic heterocycles. The monoisotopic (exact) mass is 690 g/mol. The molecule has 54 heavy (non-hydrogen) atoms. The number of hydrogen-bond donors (Lipinski definition) is 0. The first kappa shape index (κ1) is 31.5. The van der Waals surface area contributed by atoms with E-state index in [9.17, 15) is 0 Å². The van der Waals surface area contributed by atoms with E-state index in [0.29, 0.717) is 0 Å². The predicted molar refractivity (Wildman–Crippen MR) is 225 cm³/mol. The molecule has 3 nitrogen and oxygen atoms in total. The van der Waals surface area contributed by atoms with Crippen LogP contribution in [0.15, 0.2) is 211 Å². The maximum absolute atomic E-state index is 6.28. The van der Waals surface area contributed by atoms with Crippen LogP contribution in [0, 0.1) is 0 Å². The highest BCUT2D eigenvalue weighted by atomic mass is 16.3. The lowest BCUT2D eigenvalue weighted by molar-refractivity contribution is 0.669. The summed E-state index contributed by atoms with van der Waals surface area (Å²) >= 11 is 0. The smallest absolute Gasteiger partial charge is 0.136 e. The topological polar surface area (TPSA) is 29.3 Å². The van der Waals surface area contributed by atoms with Crippen molar-refractivity contribution in [1.82, 2.24) is 4.98 Å². The van der Waals surface area contributed by atoms with Crippen molar-refractivity contribution < 1.29 is 4.42 Å². The second-order valence-corrected chi connectivity index (χ2v) is 13.6. The molecule has 3 heteroatoms. The first-order valence-electron chi connectivity index (χ1n) is 18.3. The Morgan fingerprint density at radius 3 is 1.70 bits per heavy atom. The van der Waals surface area contributed by atoms with Gasteiger partial charge in [-0.05, 0) is 99.1 Å². The van der Waals surface area contributed by atoms with Crippen LogP contribution in [0.4, 0.5) is 17.1 Å². The first-order valence-corrected chi connectivity index (χ1v) is 18.3. The summed E-state index contributed by atoms with van der Waals surface area (Å²) in [5, 5.41) is 3.20. The Morgan fingerprint density at radius 2 is 0.963 bits per heavy atom. The highest BCUT2D eigenvalue weighted by Gasteiger charge is 2.17. The molecular formula is C51H34N2O. The van der Waals surface area contributed by atoms with Gasteiger partial charge in [-0.1, -0.05) is 146 Å². The van der Waals surface area contributed by atoms with Crippen LogP contribution in [-0.2, 0) is 0 Å². The lowest BCUT2D eigenvalue weighted by Crippen LogP contribution is -2.10. The third-order valence-corrected chi connectivity index (χ3v) is 10.3. The third kappa shape index (κ3) is 5.78. The van der Waals surface area contributed by atoms with Crippen molar-refractivity contribution in [1.29, 1.82) is 0 Å². The van der Waals surface area contributed by atoms with Gasteiger partial charge in [0.1, 0.15) is 11.2 Å². The molecule has 0 amide bonds. The summed E-state index contributed by atoms with van der Waals surface area (Å²) in [5.41, 5.74) is 15.2. The van der Waals surface area contributed by atoms with E-state index in [4.69, 9.17) is 9.40 Å². The molecular weight excluding hydrogens is 657 g/mol. The molecule has 0 saturated heterocycles. The van der Waals surface area contributed by atoms with Gasteiger partial charge in [-0.25, -0.2) is 0 Å². The molecule has 0 aliphatic heterocycles. The lowest BCUT2D eigenvalue weighted by atomic mass is 9.91. The maximum Gasteiger partial charge on any atom is 0.136 e. The molecule has 0 saturated carbocycles. The van der Waals surface area contributed by atoms with Gasteiger partial charge in [0, 0.05) is 27.5 Å². The van der Waals surface area contributed by atoms with Crippen molar-refractivity contribution in [2.75, 3.05) is 4.90 Å². The molecule has 8 aromatic carbocycles. The van der Waals surface area contributed by atoms with Gasteiger partial charge in [-0.3, -0.25) is 4.98 Å². The normalized spacial score (nSPS) is 11.3. The maximum atomic E-state index is 6.28. The minimum absolute atomic E-state index is 0.858. The number of pyridine rings is 1. The molecule has 0 spiro atoms. The Hall–Kier alpha value is -7.23. The largest absolute Gasteiger partial charge is 0.456 e. The van der Waals surface area contributed by atoms with Crippen LogP contribution >= 0.6 is 0 Å². The zero-order valence-corrected chi connectivity index (χ0v) is 29.4. The fourth-order valence-corrected chi connectivity index (χ4v) is 7.61. The molecule has 0 unspecified atom stereocenters. The van der Waals surface area contributed by atoms with Crippen molar-refractivity contribution >= 4 is 49.9 Å². The molecule has 10 rings (SSSR count). The summed E-state index contributed by atoms with van der Waals surface area (Å²) in [6, 6.07) is 70.9. The summed E-state index contributed by atoms with van der Waals surface area (Å²) in [6.07, 6.45) is 1.98. The highest BCUT2D eigenvalue weighted by Crippen LogP contribution is 2.41. The average molecular weight is 691 g/mol. The number of anilines is 3.